The first kappa shape index (κ1) is 13.7. The third kappa shape index (κ3) is 2.83. The zero-order valence-electron chi connectivity index (χ0n) is 9.89. The highest BCUT2D eigenvalue weighted by Crippen LogP contribution is 2.30. The molecule has 1 fully saturated rings. The van der Waals surface area contributed by atoms with Crippen LogP contribution in [0.2, 0.25) is 5.02 Å². The third-order valence-electron chi connectivity index (χ3n) is 3.29. The van der Waals surface area contributed by atoms with Gasteiger partial charge in [0.05, 0.1) is 5.02 Å². The molecule has 1 aromatic heterocycles. The lowest BCUT2D eigenvalue weighted by molar-refractivity contribution is 0.399. The summed E-state index contributed by atoms with van der Waals surface area (Å²) < 4.78 is 27.2. The van der Waals surface area contributed by atoms with Gasteiger partial charge in [-0.2, -0.15) is 0 Å². The maximum absolute atomic E-state index is 12.2. The van der Waals surface area contributed by atoms with Gasteiger partial charge in [-0.25, -0.2) is 13.1 Å². The molecule has 100 valence electrons. The number of hydrogen-bond donors (Lipinski definition) is 2. The fourth-order valence-electron chi connectivity index (χ4n) is 2.28. The fraction of sp³-hybridized carbons (Fsp3) is 0.545. The lowest BCUT2D eigenvalue weighted by atomic mass is 10.0. The van der Waals surface area contributed by atoms with Gasteiger partial charge in [0.15, 0.2) is 0 Å². The number of nitrogens with two attached hydrogens (primary N) is 1. The summed E-state index contributed by atoms with van der Waals surface area (Å²) in [5, 5.41) is 0.297. The highest BCUT2D eigenvalue weighted by atomic mass is 35.5. The monoisotopic (exact) mass is 289 g/mol. The quantitative estimate of drug-likeness (QED) is 0.874. The Hall–Kier alpha value is -0.690. The number of pyridine rings is 1. The first-order chi connectivity index (χ1) is 8.47. The predicted molar refractivity (Wildman–Crippen MR) is 69.8 cm³/mol. The van der Waals surface area contributed by atoms with Gasteiger partial charge in [-0.15, -0.1) is 0 Å². The number of rotatable bonds is 4. The van der Waals surface area contributed by atoms with Gasteiger partial charge in [0.2, 0.25) is 10.0 Å². The Balaban J connectivity index is 2.27. The lowest BCUT2D eigenvalue weighted by Gasteiger charge is -2.28. The Kier molecular flexibility index (Phi) is 3.91. The van der Waals surface area contributed by atoms with E-state index in [9.17, 15) is 8.42 Å². The van der Waals surface area contributed by atoms with Gasteiger partial charge in [0.1, 0.15) is 4.90 Å². The zero-order valence-corrected chi connectivity index (χ0v) is 11.5. The van der Waals surface area contributed by atoms with Crippen molar-refractivity contribution < 1.29 is 8.42 Å². The maximum atomic E-state index is 12.2. The van der Waals surface area contributed by atoms with Crippen molar-refractivity contribution in [2.75, 3.05) is 6.54 Å². The Labute approximate surface area is 112 Å². The van der Waals surface area contributed by atoms with Crippen molar-refractivity contribution in [1.29, 1.82) is 0 Å². The van der Waals surface area contributed by atoms with E-state index in [0.29, 0.717) is 11.6 Å². The van der Waals surface area contributed by atoms with E-state index in [1.807, 2.05) is 0 Å². The number of aromatic nitrogens is 1. The summed E-state index contributed by atoms with van der Waals surface area (Å²) in [6.45, 7) is 0.306. The van der Waals surface area contributed by atoms with Crippen LogP contribution < -0.4 is 10.5 Å². The topological polar surface area (TPSA) is 85.1 Å². The van der Waals surface area contributed by atoms with Gasteiger partial charge >= 0.3 is 0 Å². The number of nitrogens with one attached hydrogen (secondary N) is 1. The summed E-state index contributed by atoms with van der Waals surface area (Å²) in [7, 11) is -3.61. The second kappa shape index (κ2) is 5.13. The van der Waals surface area contributed by atoms with Crippen LogP contribution in [0.15, 0.2) is 23.4 Å². The zero-order chi connectivity index (χ0) is 13.2. The summed E-state index contributed by atoms with van der Waals surface area (Å²) >= 11 is 5.76. The van der Waals surface area contributed by atoms with Gasteiger partial charge in [0.25, 0.3) is 0 Å². The molecule has 0 saturated heterocycles. The van der Waals surface area contributed by atoms with Crippen molar-refractivity contribution in [3.63, 3.8) is 0 Å². The molecule has 0 aromatic carbocycles. The molecule has 0 amide bonds. The molecule has 2 rings (SSSR count). The average Bonchev–Trinajstić information content (AvgIpc) is 2.77. The fourth-order valence-corrected chi connectivity index (χ4v) is 3.98. The predicted octanol–water partition coefficient (Wildman–Crippen LogP) is 1.28. The van der Waals surface area contributed by atoms with Gasteiger partial charge in [0, 0.05) is 24.5 Å². The molecule has 1 aromatic rings. The molecular weight excluding hydrogens is 274 g/mol. The van der Waals surface area contributed by atoms with Crippen LogP contribution in [0.25, 0.3) is 0 Å². The Bertz CT molecular complexity index is 527. The van der Waals surface area contributed by atoms with Crippen LogP contribution in [0.5, 0.6) is 0 Å². The number of sulfonamides is 1. The van der Waals surface area contributed by atoms with E-state index in [-0.39, 0.29) is 4.90 Å². The van der Waals surface area contributed by atoms with E-state index in [0.717, 1.165) is 25.7 Å². The Morgan fingerprint density at radius 1 is 1.39 bits per heavy atom. The molecule has 0 atom stereocenters. The Morgan fingerprint density at radius 2 is 2.06 bits per heavy atom. The van der Waals surface area contributed by atoms with E-state index in [4.69, 9.17) is 17.3 Å². The second-order valence-corrected chi connectivity index (χ2v) is 6.75. The largest absolute Gasteiger partial charge is 0.329 e. The summed E-state index contributed by atoms with van der Waals surface area (Å²) in [6, 6.07) is 1.38. The summed E-state index contributed by atoms with van der Waals surface area (Å²) in [5.74, 6) is 0. The first-order valence-electron chi connectivity index (χ1n) is 5.82. The molecule has 1 aliphatic rings. The van der Waals surface area contributed by atoms with E-state index in [2.05, 4.69) is 9.71 Å². The van der Waals surface area contributed by atoms with Crippen molar-refractivity contribution in [2.24, 2.45) is 5.73 Å². The molecule has 0 spiro atoms. The summed E-state index contributed by atoms with van der Waals surface area (Å²) in [6.07, 6.45) is 6.22. The van der Waals surface area contributed by atoms with Crippen molar-refractivity contribution >= 4 is 21.6 Å². The highest BCUT2D eigenvalue weighted by Gasteiger charge is 2.36. The molecule has 5 nitrogen and oxygen atoms in total. The molecule has 0 unspecified atom stereocenters. The highest BCUT2D eigenvalue weighted by molar-refractivity contribution is 7.89. The maximum Gasteiger partial charge on any atom is 0.242 e. The molecule has 0 bridgehead atoms. The molecule has 18 heavy (non-hydrogen) atoms. The standard InChI is InChI=1S/C11H16ClN3O2S/c12-9-5-10(7-14-6-9)18(16,17)15-11(8-13)3-1-2-4-11/h5-7,15H,1-4,8,13H2. The molecule has 1 saturated carbocycles. The van der Waals surface area contributed by atoms with Crippen LogP contribution in [0.4, 0.5) is 0 Å². The van der Waals surface area contributed by atoms with Crippen LogP contribution in [0.3, 0.4) is 0 Å². The molecule has 7 heteroatoms. The third-order valence-corrected chi connectivity index (χ3v) is 5.04. The Morgan fingerprint density at radius 3 is 2.61 bits per heavy atom. The van der Waals surface area contributed by atoms with Gasteiger partial charge < -0.3 is 5.73 Å². The van der Waals surface area contributed by atoms with Gasteiger partial charge in [-0.1, -0.05) is 24.4 Å². The van der Waals surface area contributed by atoms with E-state index < -0.39 is 15.6 Å². The van der Waals surface area contributed by atoms with Crippen molar-refractivity contribution in [2.45, 2.75) is 36.1 Å². The van der Waals surface area contributed by atoms with Gasteiger partial charge in [-0.05, 0) is 18.9 Å². The minimum absolute atomic E-state index is 0.0784. The molecule has 1 heterocycles. The minimum Gasteiger partial charge on any atom is -0.329 e. The number of halogens is 1. The second-order valence-electron chi connectivity index (χ2n) is 4.64. The van der Waals surface area contributed by atoms with E-state index >= 15 is 0 Å². The van der Waals surface area contributed by atoms with E-state index in [1.54, 1.807) is 0 Å². The van der Waals surface area contributed by atoms with Crippen LogP contribution in [-0.4, -0.2) is 25.5 Å². The average molecular weight is 290 g/mol. The molecule has 0 radical (unpaired) electrons. The summed E-state index contributed by atoms with van der Waals surface area (Å²) in [5.41, 5.74) is 5.20. The van der Waals surface area contributed by atoms with Crippen molar-refractivity contribution in [3.05, 3.63) is 23.5 Å². The SMILES string of the molecule is NCC1(NS(=O)(=O)c2cncc(Cl)c2)CCCC1. The minimum atomic E-state index is -3.61. The molecular formula is C11H16ClN3O2S. The van der Waals surface area contributed by atoms with Crippen molar-refractivity contribution in [3.8, 4) is 0 Å². The molecule has 1 aliphatic carbocycles. The lowest BCUT2D eigenvalue weighted by Crippen LogP contribution is -2.51. The van der Waals surface area contributed by atoms with Crippen LogP contribution >= 0.6 is 11.6 Å². The van der Waals surface area contributed by atoms with Crippen LogP contribution in [0, 0.1) is 0 Å². The first-order valence-corrected chi connectivity index (χ1v) is 7.68. The van der Waals surface area contributed by atoms with Crippen molar-refractivity contribution in [1.82, 2.24) is 9.71 Å². The van der Waals surface area contributed by atoms with Crippen LogP contribution in [-0.2, 0) is 10.0 Å². The smallest absolute Gasteiger partial charge is 0.242 e. The summed E-state index contributed by atoms with van der Waals surface area (Å²) in [4.78, 5) is 3.87. The van der Waals surface area contributed by atoms with Crippen LogP contribution in [0.1, 0.15) is 25.7 Å². The number of nitrogens with zero attached hydrogens (tertiary/aromatic N) is 1. The van der Waals surface area contributed by atoms with Gasteiger partial charge in [-0.3, -0.25) is 4.98 Å². The number of hydrogen-bond acceptors (Lipinski definition) is 4. The molecule has 3 N–H and O–H groups in total. The molecule has 0 aliphatic heterocycles. The normalized spacial score (nSPS) is 19.0. The van der Waals surface area contributed by atoms with E-state index in [1.165, 1.54) is 18.5 Å².